The third-order valence-electron chi connectivity index (χ3n) is 5.97. The summed E-state index contributed by atoms with van der Waals surface area (Å²) >= 11 is 0. The van der Waals surface area contributed by atoms with Crippen LogP contribution in [0, 0.1) is 11.8 Å². The molecule has 19 heavy (non-hydrogen) atoms. The maximum absolute atomic E-state index is 12.3. The average Bonchev–Trinajstić information content (AvgIpc) is 2.41. The summed E-state index contributed by atoms with van der Waals surface area (Å²) in [4.78, 5) is 17.2. The minimum atomic E-state index is 0.101. The molecule has 4 heterocycles. The maximum atomic E-state index is 12.3. The Kier molecular flexibility index (Phi) is 2.85. The molecule has 2 N–H and O–H groups in total. The van der Waals surface area contributed by atoms with Gasteiger partial charge in [-0.1, -0.05) is 0 Å². The van der Waals surface area contributed by atoms with Crippen molar-refractivity contribution in [3.8, 4) is 0 Å². The Hall–Kier alpha value is -0.610. The largest absolute Gasteiger partial charge is 0.339 e. The predicted octanol–water partition coefficient (Wildman–Crippen LogP) is 0.809. The molecule has 0 radical (unpaired) electrons. The van der Waals surface area contributed by atoms with Crippen molar-refractivity contribution in [2.24, 2.45) is 17.6 Å². The second-order valence-electron chi connectivity index (χ2n) is 7.05. The number of hydrogen-bond acceptors (Lipinski definition) is 3. The monoisotopic (exact) mass is 263 g/mol. The van der Waals surface area contributed by atoms with Crippen LogP contribution < -0.4 is 5.73 Å². The summed E-state index contributed by atoms with van der Waals surface area (Å²) < 4.78 is 0. The molecule has 0 aromatic carbocycles. The molecule has 0 bridgehead atoms. The van der Waals surface area contributed by atoms with E-state index in [1.165, 1.54) is 38.8 Å². The van der Waals surface area contributed by atoms with Gasteiger partial charge in [-0.2, -0.15) is 0 Å². The lowest BCUT2D eigenvalue weighted by Gasteiger charge is -2.59. The Morgan fingerprint density at radius 2 is 1.95 bits per heavy atom. The molecule has 1 amide bonds. The molecule has 0 saturated carbocycles. The van der Waals surface area contributed by atoms with E-state index in [-0.39, 0.29) is 6.04 Å². The zero-order valence-corrected chi connectivity index (χ0v) is 11.6. The molecule has 4 fully saturated rings. The number of amides is 1. The van der Waals surface area contributed by atoms with Crippen molar-refractivity contribution in [3.05, 3.63) is 0 Å². The van der Waals surface area contributed by atoms with E-state index >= 15 is 0 Å². The first-order chi connectivity index (χ1) is 9.24. The van der Waals surface area contributed by atoms with Gasteiger partial charge in [-0.3, -0.25) is 9.69 Å². The quantitative estimate of drug-likeness (QED) is 0.703. The Morgan fingerprint density at radius 3 is 2.79 bits per heavy atom. The van der Waals surface area contributed by atoms with E-state index < -0.39 is 0 Å². The fraction of sp³-hybridized carbons (Fsp3) is 0.933. The van der Waals surface area contributed by atoms with E-state index in [4.69, 9.17) is 5.73 Å². The zero-order chi connectivity index (χ0) is 13.0. The molecule has 4 saturated heterocycles. The smallest absolute Gasteiger partial charge is 0.224 e. The fourth-order valence-electron chi connectivity index (χ4n) is 5.32. The summed E-state index contributed by atoms with van der Waals surface area (Å²) in [6.07, 6.45) is 6.86. The van der Waals surface area contributed by atoms with Gasteiger partial charge in [0.1, 0.15) is 0 Å². The van der Waals surface area contributed by atoms with Crippen LogP contribution in [0.4, 0.5) is 0 Å². The Labute approximate surface area is 115 Å². The first kappa shape index (κ1) is 12.2. The number of carbonyl (C=O) groups is 1. The Bertz CT molecular complexity index is 384. The lowest BCUT2D eigenvalue weighted by molar-refractivity contribution is -0.151. The van der Waals surface area contributed by atoms with Crippen molar-refractivity contribution >= 4 is 5.91 Å². The van der Waals surface area contributed by atoms with Crippen LogP contribution in [0.3, 0.4) is 0 Å². The van der Waals surface area contributed by atoms with Gasteiger partial charge in [0.05, 0.1) is 0 Å². The fourth-order valence-corrected chi connectivity index (χ4v) is 5.32. The zero-order valence-electron chi connectivity index (χ0n) is 11.6. The molecule has 4 aliphatic rings. The van der Waals surface area contributed by atoms with Crippen molar-refractivity contribution in [2.75, 3.05) is 19.6 Å². The molecule has 0 unspecified atom stereocenters. The van der Waals surface area contributed by atoms with Crippen LogP contribution in [-0.4, -0.2) is 53.5 Å². The van der Waals surface area contributed by atoms with E-state index in [0.29, 0.717) is 24.3 Å². The molecular formula is C15H25N3O. The van der Waals surface area contributed by atoms with Gasteiger partial charge in [-0.05, 0) is 57.0 Å². The van der Waals surface area contributed by atoms with E-state index in [2.05, 4.69) is 9.80 Å². The van der Waals surface area contributed by atoms with E-state index in [1.54, 1.807) is 0 Å². The molecule has 0 aliphatic carbocycles. The topological polar surface area (TPSA) is 49.6 Å². The van der Waals surface area contributed by atoms with Gasteiger partial charge < -0.3 is 10.6 Å². The SMILES string of the molecule is N[C@@H]1CC(=O)N2C[C@@H]3CCCN4CCC[C@@H]([C@H]34)[C@H]2C1. The first-order valence-electron chi connectivity index (χ1n) is 8.03. The van der Waals surface area contributed by atoms with Gasteiger partial charge in [0.25, 0.3) is 0 Å². The Balaban J connectivity index is 1.65. The summed E-state index contributed by atoms with van der Waals surface area (Å²) in [6, 6.07) is 1.30. The summed E-state index contributed by atoms with van der Waals surface area (Å²) in [6.45, 7) is 3.57. The lowest BCUT2D eigenvalue weighted by Crippen LogP contribution is -2.68. The van der Waals surface area contributed by atoms with Gasteiger partial charge >= 0.3 is 0 Å². The van der Waals surface area contributed by atoms with Crippen molar-refractivity contribution in [3.63, 3.8) is 0 Å². The summed E-state index contributed by atoms with van der Waals surface area (Å²) in [5, 5.41) is 0. The van der Waals surface area contributed by atoms with Crippen LogP contribution in [0.25, 0.3) is 0 Å². The highest BCUT2D eigenvalue weighted by molar-refractivity contribution is 5.78. The van der Waals surface area contributed by atoms with Crippen LogP contribution >= 0.6 is 0 Å². The molecule has 4 aliphatic heterocycles. The van der Waals surface area contributed by atoms with Crippen molar-refractivity contribution in [1.82, 2.24) is 9.80 Å². The number of rotatable bonds is 0. The minimum Gasteiger partial charge on any atom is -0.339 e. The van der Waals surface area contributed by atoms with Gasteiger partial charge in [0.15, 0.2) is 0 Å². The van der Waals surface area contributed by atoms with Crippen LogP contribution in [0.2, 0.25) is 0 Å². The first-order valence-corrected chi connectivity index (χ1v) is 8.03. The van der Waals surface area contributed by atoms with Crippen molar-refractivity contribution in [1.29, 1.82) is 0 Å². The molecule has 5 atom stereocenters. The number of hydrogen-bond donors (Lipinski definition) is 1. The second-order valence-corrected chi connectivity index (χ2v) is 7.05. The van der Waals surface area contributed by atoms with Gasteiger partial charge in [0, 0.05) is 31.1 Å². The maximum Gasteiger partial charge on any atom is 0.224 e. The van der Waals surface area contributed by atoms with Crippen molar-refractivity contribution in [2.45, 2.75) is 56.7 Å². The molecule has 4 heteroatoms. The number of carbonyl (C=O) groups excluding carboxylic acids is 1. The van der Waals surface area contributed by atoms with Gasteiger partial charge in [0.2, 0.25) is 5.91 Å². The van der Waals surface area contributed by atoms with E-state index in [9.17, 15) is 4.79 Å². The normalized spacial score (nSPS) is 46.7. The third-order valence-corrected chi connectivity index (χ3v) is 5.97. The summed E-state index contributed by atoms with van der Waals surface area (Å²) in [5.74, 6) is 1.75. The number of nitrogens with two attached hydrogens (primary N) is 1. The van der Waals surface area contributed by atoms with Crippen LogP contribution in [0.5, 0.6) is 0 Å². The van der Waals surface area contributed by atoms with Gasteiger partial charge in [-0.25, -0.2) is 0 Å². The lowest BCUT2D eigenvalue weighted by atomic mass is 9.67. The molecular weight excluding hydrogens is 238 g/mol. The highest BCUT2D eigenvalue weighted by atomic mass is 16.2. The van der Waals surface area contributed by atoms with E-state index in [1.807, 2.05) is 0 Å². The molecule has 4 nitrogen and oxygen atoms in total. The van der Waals surface area contributed by atoms with Crippen LogP contribution in [0.15, 0.2) is 0 Å². The number of nitrogens with zero attached hydrogens (tertiary/aromatic N) is 2. The highest BCUT2D eigenvalue weighted by Crippen LogP contribution is 2.44. The Morgan fingerprint density at radius 1 is 1.16 bits per heavy atom. The van der Waals surface area contributed by atoms with E-state index in [0.717, 1.165) is 24.9 Å². The number of fused-ring (bicyclic) bond motifs is 2. The summed E-state index contributed by atoms with van der Waals surface area (Å²) in [5.41, 5.74) is 6.11. The molecule has 4 rings (SSSR count). The van der Waals surface area contributed by atoms with Crippen LogP contribution in [0.1, 0.15) is 38.5 Å². The standard InChI is InChI=1S/C15H25N3O/c16-11-7-13-12-4-2-6-17-5-1-3-10(15(12)17)9-18(13)14(19)8-11/h10-13,15H,1-9,16H2/t10-,11-,12+,13+,15-/m0/s1. The minimum absolute atomic E-state index is 0.101. The van der Waals surface area contributed by atoms with Gasteiger partial charge in [-0.15, -0.1) is 0 Å². The molecule has 0 aromatic heterocycles. The predicted molar refractivity (Wildman–Crippen MR) is 73.5 cm³/mol. The second kappa shape index (κ2) is 4.45. The summed E-state index contributed by atoms with van der Waals surface area (Å²) in [7, 11) is 0. The number of piperidine rings is 4. The highest BCUT2D eigenvalue weighted by Gasteiger charge is 2.51. The molecule has 0 aromatic rings. The van der Waals surface area contributed by atoms with Crippen molar-refractivity contribution < 1.29 is 4.79 Å². The van der Waals surface area contributed by atoms with Crippen LogP contribution in [-0.2, 0) is 4.79 Å². The molecule has 0 spiro atoms. The average molecular weight is 263 g/mol. The third kappa shape index (κ3) is 1.83. The molecule has 106 valence electrons.